The summed E-state index contributed by atoms with van der Waals surface area (Å²) < 4.78 is 13.1. The Labute approximate surface area is 202 Å². The molecule has 2 heterocycles. The summed E-state index contributed by atoms with van der Waals surface area (Å²) in [5.74, 6) is 0.662. The van der Waals surface area contributed by atoms with E-state index < -0.39 is 6.09 Å². The fraction of sp³-hybridized carbons (Fsp3) is 0.296. The number of hydrogen-bond donors (Lipinski definition) is 2. The molecule has 1 aliphatic carbocycles. The number of carbonyl (C=O) groups excluding carboxylic acids is 2. The molecule has 8 nitrogen and oxygen atoms in total. The summed E-state index contributed by atoms with van der Waals surface area (Å²) in [6.45, 7) is 6.84. The minimum atomic E-state index is -0.606. The van der Waals surface area contributed by atoms with E-state index in [1.165, 1.54) is 5.52 Å². The highest BCUT2D eigenvalue weighted by Gasteiger charge is 2.28. The summed E-state index contributed by atoms with van der Waals surface area (Å²) in [7, 11) is 0. The molecule has 0 atom stereocenters. The van der Waals surface area contributed by atoms with Crippen LogP contribution in [0.4, 0.5) is 10.5 Å². The first kappa shape index (κ1) is 22.7. The van der Waals surface area contributed by atoms with Gasteiger partial charge in [-0.25, -0.2) is 10.2 Å². The molecular weight excluding hydrogens is 444 g/mol. The van der Waals surface area contributed by atoms with Crippen molar-refractivity contribution in [3.63, 3.8) is 0 Å². The lowest BCUT2D eigenvalue weighted by Gasteiger charge is -2.13. The molecule has 0 unspecified atom stereocenters. The number of anilines is 1. The molecule has 0 bridgehead atoms. The lowest BCUT2D eigenvalue weighted by atomic mass is 9.93. The maximum Gasteiger partial charge on any atom is 0.427 e. The molecular formula is C27H28N4O4. The summed E-state index contributed by atoms with van der Waals surface area (Å²) in [5, 5.41) is 9.48. The molecule has 2 amide bonds. The Morgan fingerprint density at radius 1 is 1.09 bits per heavy atom. The monoisotopic (exact) mass is 472 g/mol. The Morgan fingerprint density at radius 3 is 2.69 bits per heavy atom. The van der Waals surface area contributed by atoms with E-state index in [2.05, 4.69) is 39.5 Å². The third kappa shape index (κ3) is 4.05. The highest BCUT2D eigenvalue weighted by molar-refractivity contribution is 6.12. The molecule has 35 heavy (non-hydrogen) atoms. The number of amides is 2. The largest absolute Gasteiger partial charge is 0.455 e. The van der Waals surface area contributed by atoms with Gasteiger partial charge in [0.25, 0.3) is 5.91 Å². The second-order valence-electron chi connectivity index (χ2n) is 8.55. The van der Waals surface area contributed by atoms with Crippen LogP contribution in [0.5, 0.6) is 0 Å². The van der Waals surface area contributed by atoms with Crippen LogP contribution in [0.1, 0.15) is 54.1 Å². The van der Waals surface area contributed by atoms with E-state index in [-0.39, 0.29) is 18.3 Å². The van der Waals surface area contributed by atoms with Crippen LogP contribution in [0.15, 0.2) is 52.0 Å². The van der Waals surface area contributed by atoms with Crippen molar-refractivity contribution < 1.29 is 18.7 Å². The Kier molecular flexibility index (Phi) is 6.03. The molecule has 2 N–H and O–H groups in total. The topological polar surface area (TPSA) is 97.9 Å². The van der Waals surface area contributed by atoms with E-state index >= 15 is 0 Å². The number of nitrogens with zero attached hydrogens (tertiary/aromatic N) is 2. The second kappa shape index (κ2) is 9.29. The van der Waals surface area contributed by atoms with Crippen molar-refractivity contribution in [2.45, 2.75) is 46.6 Å². The summed E-state index contributed by atoms with van der Waals surface area (Å²) in [6, 6.07) is 14.3. The van der Waals surface area contributed by atoms with E-state index in [0.29, 0.717) is 35.6 Å². The first-order valence-corrected chi connectivity index (χ1v) is 12.0. The number of furan rings is 1. The smallest absolute Gasteiger partial charge is 0.427 e. The molecule has 5 rings (SSSR count). The van der Waals surface area contributed by atoms with Crippen LogP contribution in [-0.4, -0.2) is 28.9 Å². The minimum absolute atomic E-state index is 0.261. The first-order chi connectivity index (χ1) is 17.0. The van der Waals surface area contributed by atoms with Crippen LogP contribution >= 0.6 is 0 Å². The summed E-state index contributed by atoms with van der Waals surface area (Å²) in [4.78, 5) is 24.9. The van der Waals surface area contributed by atoms with Crippen molar-refractivity contribution in [1.29, 1.82) is 0 Å². The number of benzene rings is 2. The maximum absolute atomic E-state index is 13.2. The molecule has 0 fully saturated rings. The molecule has 2 aromatic carbocycles. The number of aryl methyl sites for hydroxylation is 2. The van der Waals surface area contributed by atoms with Crippen molar-refractivity contribution in [3.8, 4) is 0 Å². The zero-order valence-electron chi connectivity index (χ0n) is 20.1. The van der Waals surface area contributed by atoms with Crippen molar-refractivity contribution in [2.75, 3.05) is 11.9 Å². The number of hydrazone groups is 1. The van der Waals surface area contributed by atoms with Gasteiger partial charge in [0.2, 0.25) is 0 Å². The number of para-hydroxylation sites is 1. The van der Waals surface area contributed by atoms with Crippen molar-refractivity contribution in [3.05, 3.63) is 65.1 Å². The van der Waals surface area contributed by atoms with E-state index in [1.54, 1.807) is 6.92 Å². The molecule has 2 aromatic heterocycles. The molecule has 0 aliphatic heterocycles. The lowest BCUT2D eigenvalue weighted by Crippen LogP contribution is -2.22. The average molecular weight is 473 g/mol. The summed E-state index contributed by atoms with van der Waals surface area (Å²) in [5.41, 5.74) is 7.62. The quantitative estimate of drug-likeness (QED) is 0.361. The van der Waals surface area contributed by atoms with Gasteiger partial charge in [-0.1, -0.05) is 18.2 Å². The number of aromatic nitrogens is 1. The molecule has 4 aromatic rings. The highest BCUT2D eigenvalue weighted by atomic mass is 16.5. The van der Waals surface area contributed by atoms with Gasteiger partial charge in [-0.2, -0.15) is 5.10 Å². The number of hydrogen-bond acceptors (Lipinski definition) is 5. The number of carbonyl (C=O) groups is 2. The lowest BCUT2D eigenvalue weighted by molar-refractivity contribution is 0.0994. The number of rotatable bonds is 5. The van der Waals surface area contributed by atoms with Crippen LogP contribution in [0.3, 0.4) is 0 Å². The Bertz CT molecular complexity index is 1480. The predicted octanol–water partition coefficient (Wildman–Crippen LogP) is 5.75. The van der Waals surface area contributed by atoms with Crippen LogP contribution in [0.2, 0.25) is 0 Å². The molecule has 0 saturated heterocycles. The Morgan fingerprint density at radius 2 is 1.89 bits per heavy atom. The zero-order valence-corrected chi connectivity index (χ0v) is 20.1. The minimum Gasteiger partial charge on any atom is -0.455 e. The molecule has 8 heteroatoms. The Balaban J connectivity index is 1.44. The van der Waals surface area contributed by atoms with Crippen LogP contribution < -0.4 is 10.7 Å². The molecule has 0 radical (unpaired) electrons. The summed E-state index contributed by atoms with van der Waals surface area (Å²) in [6.07, 6.45) is 1.61. The molecule has 0 spiro atoms. The second-order valence-corrected chi connectivity index (χ2v) is 8.55. The summed E-state index contributed by atoms with van der Waals surface area (Å²) >= 11 is 0. The standard InChI is InChI=1S/C27H28N4O4/c1-4-31-21-11-7-6-9-18(21)19-15-17(13-14-22(19)31)28-26(32)25-16(3)24-20(10-8-12-23(24)35-25)29-30-27(33)34-5-2/h6-7,9,11,13-15H,4-5,8,10,12H2,1-3H3,(H,28,32)(H,30,33)/b29-20+. The number of ether oxygens (including phenoxy) is 1. The van der Waals surface area contributed by atoms with Gasteiger partial charge >= 0.3 is 6.09 Å². The van der Waals surface area contributed by atoms with Crippen molar-refractivity contribution >= 4 is 45.2 Å². The van der Waals surface area contributed by atoms with E-state index in [1.807, 2.05) is 37.3 Å². The number of fused-ring (bicyclic) bond motifs is 4. The van der Waals surface area contributed by atoms with Crippen LogP contribution in [0, 0.1) is 6.92 Å². The van der Waals surface area contributed by atoms with Gasteiger partial charge in [0.1, 0.15) is 5.76 Å². The Hall–Kier alpha value is -4.07. The van der Waals surface area contributed by atoms with Crippen molar-refractivity contribution in [1.82, 2.24) is 9.99 Å². The SMILES string of the molecule is CCOC(=O)N/N=C1\CCCc2oc(C(=O)Nc3ccc4c(c3)c3ccccc3n4CC)c(C)c21. The van der Waals surface area contributed by atoms with Gasteiger partial charge in [0.15, 0.2) is 5.76 Å². The highest BCUT2D eigenvalue weighted by Crippen LogP contribution is 2.33. The normalized spacial score (nSPS) is 14.3. The van der Waals surface area contributed by atoms with Gasteiger partial charge < -0.3 is 19.0 Å². The third-order valence-corrected chi connectivity index (χ3v) is 6.44. The van der Waals surface area contributed by atoms with Gasteiger partial charge in [-0.15, -0.1) is 0 Å². The fourth-order valence-electron chi connectivity index (χ4n) is 4.93. The van der Waals surface area contributed by atoms with Gasteiger partial charge in [0.05, 0.1) is 12.3 Å². The van der Waals surface area contributed by atoms with Crippen LogP contribution in [0.25, 0.3) is 21.8 Å². The fourth-order valence-corrected chi connectivity index (χ4v) is 4.93. The predicted molar refractivity (Wildman–Crippen MR) is 136 cm³/mol. The van der Waals surface area contributed by atoms with Gasteiger partial charge in [0, 0.05) is 51.6 Å². The average Bonchev–Trinajstić information content (AvgIpc) is 3.37. The van der Waals surface area contributed by atoms with E-state index in [4.69, 9.17) is 9.15 Å². The van der Waals surface area contributed by atoms with Gasteiger partial charge in [-0.05, 0) is 57.9 Å². The van der Waals surface area contributed by atoms with E-state index in [0.717, 1.165) is 34.8 Å². The van der Waals surface area contributed by atoms with E-state index in [9.17, 15) is 9.59 Å². The molecule has 0 saturated carbocycles. The van der Waals surface area contributed by atoms with Gasteiger partial charge in [-0.3, -0.25) is 4.79 Å². The molecule has 1 aliphatic rings. The zero-order chi connectivity index (χ0) is 24.5. The van der Waals surface area contributed by atoms with Crippen LogP contribution in [-0.2, 0) is 17.7 Å². The van der Waals surface area contributed by atoms with Crippen molar-refractivity contribution in [2.24, 2.45) is 5.10 Å². The third-order valence-electron chi connectivity index (χ3n) is 6.44. The molecule has 180 valence electrons. The maximum atomic E-state index is 13.2. The first-order valence-electron chi connectivity index (χ1n) is 12.0. The number of nitrogens with one attached hydrogen (secondary N) is 2.